The first-order valence-corrected chi connectivity index (χ1v) is 7.82. The van der Waals surface area contributed by atoms with Crippen LogP contribution in [0, 0.1) is 12.7 Å². The summed E-state index contributed by atoms with van der Waals surface area (Å²) in [4.78, 5) is 23.2. The molecule has 0 bridgehead atoms. The summed E-state index contributed by atoms with van der Waals surface area (Å²) in [5.74, 6) is -1.84. The van der Waals surface area contributed by atoms with Gasteiger partial charge in [0, 0.05) is 11.8 Å². The lowest BCUT2D eigenvalue weighted by Crippen LogP contribution is -2.21. The van der Waals surface area contributed by atoms with Crippen LogP contribution in [0.2, 0.25) is 0 Å². The third-order valence-corrected chi connectivity index (χ3v) is 3.70. The van der Waals surface area contributed by atoms with Crippen LogP contribution in [0.4, 0.5) is 4.39 Å². The number of benzene rings is 2. The number of amides is 1. The van der Waals surface area contributed by atoms with Gasteiger partial charge in [-0.05, 0) is 31.2 Å². The first-order chi connectivity index (χ1) is 12.4. The highest BCUT2D eigenvalue weighted by molar-refractivity contribution is 5.97. The molecule has 1 heterocycles. The molecule has 3 rings (SSSR count). The zero-order valence-corrected chi connectivity index (χ0v) is 14.0. The van der Waals surface area contributed by atoms with Crippen LogP contribution in [0.5, 0.6) is 0 Å². The molecular formula is C19H16FN3O3. The minimum atomic E-state index is -0.749. The first-order valence-electron chi connectivity index (χ1n) is 7.82. The van der Waals surface area contributed by atoms with E-state index in [1.165, 1.54) is 23.0 Å². The molecule has 0 unspecified atom stereocenters. The predicted octanol–water partition coefficient (Wildman–Crippen LogP) is 2.63. The second-order valence-corrected chi connectivity index (χ2v) is 5.72. The highest BCUT2D eigenvalue weighted by atomic mass is 19.1. The van der Waals surface area contributed by atoms with Crippen molar-refractivity contribution < 1.29 is 18.7 Å². The third-order valence-electron chi connectivity index (χ3n) is 3.70. The molecule has 0 atom stereocenters. The summed E-state index contributed by atoms with van der Waals surface area (Å²) in [6.07, 6.45) is 1.48. The summed E-state index contributed by atoms with van der Waals surface area (Å²) in [7, 11) is 0. The van der Waals surface area contributed by atoms with Gasteiger partial charge in [-0.15, -0.1) is 0 Å². The largest absolute Gasteiger partial charge is 0.452 e. The number of rotatable bonds is 5. The van der Waals surface area contributed by atoms with Crippen molar-refractivity contribution in [1.82, 2.24) is 9.78 Å². The van der Waals surface area contributed by atoms with E-state index in [2.05, 4.69) is 5.10 Å². The maximum Gasteiger partial charge on any atom is 0.342 e. The molecule has 1 amide bonds. The van der Waals surface area contributed by atoms with Crippen molar-refractivity contribution in [1.29, 1.82) is 0 Å². The number of ether oxygens (including phenoxy) is 1. The van der Waals surface area contributed by atoms with Gasteiger partial charge in [-0.3, -0.25) is 4.79 Å². The van der Waals surface area contributed by atoms with Crippen LogP contribution >= 0.6 is 0 Å². The van der Waals surface area contributed by atoms with Crippen LogP contribution in [0.15, 0.2) is 54.7 Å². The van der Waals surface area contributed by atoms with Crippen molar-refractivity contribution in [2.24, 2.45) is 5.73 Å². The average Bonchev–Trinajstić information content (AvgIpc) is 3.06. The van der Waals surface area contributed by atoms with Crippen LogP contribution in [-0.4, -0.2) is 28.3 Å². The number of hydrogen-bond donors (Lipinski definition) is 1. The fourth-order valence-electron chi connectivity index (χ4n) is 2.39. The topological polar surface area (TPSA) is 87.2 Å². The van der Waals surface area contributed by atoms with E-state index in [4.69, 9.17) is 10.5 Å². The number of nitrogens with zero attached hydrogens (tertiary/aromatic N) is 2. The van der Waals surface area contributed by atoms with Crippen LogP contribution in [0.1, 0.15) is 15.9 Å². The molecule has 0 aliphatic carbocycles. The Kier molecular flexibility index (Phi) is 4.79. The summed E-state index contributed by atoms with van der Waals surface area (Å²) >= 11 is 0. The summed E-state index contributed by atoms with van der Waals surface area (Å²) < 4.78 is 19.5. The Labute approximate surface area is 149 Å². The SMILES string of the molecule is Cc1ccc(-c2nn(-c3ccc(F)cc3)cc2C(=O)OCC(N)=O)cc1. The fourth-order valence-corrected chi connectivity index (χ4v) is 2.39. The molecule has 0 fully saturated rings. The van der Waals surface area contributed by atoms with Crippen molar-refractivity contribution in [3.05, 3.63) is 71.7 Å². The quantitative estimate of drug-likeness (QED) is 0.714. The predicted molar refractivity (Wildman–Crippen MR) is 93.2 cm³/mol. The molecule has 2 N–H and O–H groups in total. The van der Waals surface area contributed by atoms with Crippen LogP contribution < -0.4 is 5.73 Å². The van der Waals surface area contributed by atoms with Gasteiger partial charge in [-0.25, -0.2) is 13.9 Å². The second kappa shape index (κ2) is 7.18. The Bertz CT molecular complexity index is 947. The van der Waals surface area contributed by atoms with Gasteiger partial charge in [0.1, 0.15) is 17.1 Å². The fraction of sp³-hybridized carbons (Fsp3) is 0.105. The van der Waals surface area contributed by atoms with E-state index in [0.29, 0.717) is 16.9 Å². The van der Waals surface area contributed by atoms with Gasteiger partial charge >= 0.3 is 5.97 Å². The minimum absolute atomic E-state index is 0.180. The van der Waals surface area contributed by atoms with Crippen LogP contribution in [-0.2, 0) is 9.53 Å². The first kappa shape index (κ1) is 17.3. The van der Waals surface area contributed by atoms with Gasteiger partial charge in [0.15, 0.2) is 6.61 Å². The molecule has 0 aliphatic heterocycles. The number of primary amides is 1. The maximum absolute atomic E-state index is 13.1. The van der Waals surface area contributed by atoms with Gasteiger partial charge in [0.05, 0.1) is 5.69 Å². The average molecular weight is 353 g/mol. The highest BCUT2D eigenvalue weighted by Crippen LogP contribution is 2.25. The molecule has 0 saturated carbocycles. The Morgan fingerprint density at radius 2 is 1.77 bits per heavy atom. The molecule has 2 aromatic carbocycles. The maximum atomic E-state index is 13.1. The summed E-state index contributed by atoms with van der Waals surface area (Å²) in [6, 6.07) is 13.1. The summed E-state index contributed by atoms with van der Waals surface area (Å²) in [6.45, 7) is 1.43. The second-order valence-electron chi connectivity index (χ2n) is 5.72. The third kappa shape index (κ3) is 3.77. The van der Waals surface area contributed by atoms with Crippen molar-refractivity contribution in [3.63, 3.8) is 0 Å². The monoisotopic (exact) mass is 353 g/mol. The van der Waals surface area contributed by atoms with Crippen molar-refractivity contribution in [3.8, 4) is 16.9 Å². The molecule has 0 aliphatic rings. The smallest absolute Gasteiger partial charge is 0.342 e. The van der Waals surface area contributed by atoms with Crippen molar-refractivity contribution in [2.45, 2.75) is 6.92 Å². The number of carbonyl (C=O) groups is 2. The van der Waals surface area contributed by atoms with Gasteiger partial charge in [-0.2, -0.15) is 5.10 Å². The molecule has 26 heavy (non-hydrogen) atoms. The van der Waals surface area contributed by atoms with E-state index in [1.807, 2.05) is 31.2 Å². The Hall–Kier alpha value is -3.48. The number of halogens is 1. The summed E-state index contributed by atoms with van der Waals surface area (Å²) in [5, 5.41) is 4.44. The summed E-state index contributed by atoms with van der Waals surface area (Å²) in [5.41, 5.74) is 7.94. The Balaban J connectivity index is 2.04. The van der Waals surface area contributed by atoms with Gasteiger partial charge in [-0.1, -0.05) is 29.8 Å². The molecule has 6 nitrogen and oxygen atoms in total. The van der Waals surface area contributed by atoms with Crippen molar-refractivity contribution in [2.75, 3.05) is 6.61 Å². The lowest BCUT2D eigenvalue weighted by molar-refractivity contribution is -0.121. The molecule has 0 radical (unpaired) electrons. The van der Waals surface area contributed by atoms with E-state index in [0.717, 1.165) is 5.56 Å². The number of esters is 1. The van der Waals surface area contributed by atoms with E-state index in [9.17, 15) is 14.0 Å². The molecule has 0 saturated heterocycles. The number of carbonyl (C=O) groups excluding carboxylic acids is 2. The number of aryl methyl sites for hydroxylation is 1. The number of nitrogens with two attached hydrogens (primary N) is 1. The minimum Gasteiger partial charge on any atom is -0.452 e. The number of aromatic nitrogens is 2. The zero-order chi connectivity index (χ0) is 18.7. The standard InChI is InChI=1S/C19H16FN3O3/c1-12-2-4-13(5-3-12)18-16(19(25)26-11-17(21)24)10-23(22-18)15-8-6-14(20)7-9-15/h2-10H,11H2,1H3,(H2,21,24). The van der Waals surface area contributed by atoms with E-state index < -0.39 is 18.5 Å². The highest BCUT2D eigenvalue weighted by Gasteiger charge is 2.20. The molecule has 1 aromatic heterocycles. The van der Waals surface area contributed by atoms with Crippen molar-refractivity contribution >= 4 is 11.9 Å². The van der Waals surface area contributed by atoms with Gasteiger partial charge in [0.2, 0.25) is 0 Å². The lowest BCUT2D eigenvalue weighted by Gasteiger charge is -2.03. The Morgan fingerprint density at radius 1 is 1.12 bits per heavy atom. The van der Waals surface area contributed by atoms with Gasteiger partial charge < -0.3 is 10.5 Å². The molecule has 0 spiro atoms. The molecular weight excluding hydrogens is 337 g/mol. The van der Waals surface area contributed by atoms with E-state index >= 15 is 0 Å². The number of hydrogen-bond acceptors (Lipinski definition) is 4. The molecule has 3 aromatic rings. The zero-order valence-electron chi connectivity index (χ0n) is 14.0. The molecule has 132 valence electrons. The van der Waals surface area contributed by atoms with E-state index in [-0.39, 0.29) is 11.4 Å². The normalized spacial score (nSPS) is 10.5. The Morgan fingerprint density at radius 3 is 2.38 bits per heavy atom. The molecule has 7 heteroatoms. The van der Waals surface area contributed by atoms with Crippen LogP contribution in [0.25, 0.3) is 16.9 Å². The lowest BCUT2D eigenvalue weighted by atomic mass is 10.1. The van der Waals surface area contributed by atoms with E-state index in [1.54, 1.807) is 12.1 Å². The van der Waals surface area contributed by atoms with Gasteiger partial charge in [0.25, 0.3) is 5.91 Å². The van der Waals surface area contributed by atoms with Crippen LogP contribution in [0.3, 0.4) is 0 Å².